The third kappa shape index (κ3) is 3.75. The molecule has 102 valence electrons. The first-order valence-electron chi connectivity index (χ1n) is 6.39. The molecular weight excluding hydrogens is 232 g/mol. The highest BCUT2D eigenvalue weighted by Crippen LogP contribution is 2.12. The third-order valence-electron chi connectivity index (χ3n) is 3.48. The second kappa shape index (κ2) is 6.42. The summed E-state index contributed by atoms with van der Waals surface area (Å²) in [6.07, 6.45) is 3.58. The van der Waals surface area contributed by atoms with Crippen LogP contribution in [-0.2, 0) is 4.79 Å². The summed E-state index contributed by atoms with van der Waals surface area (Å²) in [6, 6.07) is -1.10. The van der Waals surface area contributed by atoms with Crippen molar-refractivity contribution in [2.24, 2.45) is 5.92 Å². The predicted molar refractivity (Wildman–Crippen MR) is 69.4 cm³/mol. The van der Waals surface area contributed by atoms with Crippen LogP contribution in [0.2, 0.25) is 0 Å². The highest BCUT2D eigenvalue weighted by atomic mass is 16.4. The van der Waals surface area contributed by atoms with Crippen LogP contribution < -0.4 is 5.32 Å². The lowest BCUT2D eigenvalue weighted by Gasteiger charge is -2.28. The van der Waals surface area contributed by atoms with E-state index in [9.17, 15) is 9.59 Å². The molecule has 0 aromatic rings. The molecule has 2 N–H and O–H groups in total. The molecule has 1 rings (SSSR count). The second-order valence-electron chi connectivity index (χ2n) is 4.90. The molecule has 0 bridgehead atoms. The molecular formula is C13H22N2O3. The van der Waals surface area contributed by atoms with Crippen LogP contribution in [0.4, 0.5) is 4.79 Å². The van der Waals surface area contributed by atoms with E-state index in [2.05, 4.69) is 5.32 Å². The minimum atomic E-state index is -0.971. The summed E-state index contributed by atoms with van der Waals surface area (Å²) in [4.78, 5) is 24.7. The minimum absolute atomic E-state index is 0.0754. The van der Waals surface area contributed by atoms with Gasteiger partial charge < -0.3 is 15.3 Å². The molecule has 5 heteroatoms. The standard InChI is InChI=1S/C13H22N2O3/c1-4-10(3)11(12(16)17)14-13(18)15-7-5-9(2)6-8-15/h5,10-11H,4,6-8H2,1-3H3,(H,14,18)(H,16,17). The van der Waals surface area contributed by atoms with Crippen LogP contribution in [0.1, 0.15) is 33.6 Å². The van der Waals surface area contributed by atoms with Crippen molar-refractivity contribution in [3.05, 3.63) is 11.6 Å². The maximum atomic E-state index is 12.0. The Morgan fingerprint density at radius 1 is 1.56 bits per heavy atom. The Labute approximate surface area is 108 Å². The van der Waals surface area contributed by atoms with Gasteiger partial charge in [0.1, 0.15) is 6.04 Å². The van der Waals surface area contributed by atoms with E-state index in [0.717, 1.165) is 12.8 Å². The molecule has 2 atom stereocenters. The zero-order chi connectivity index (χ0) is 13.7. The first-order valence-corrected chi connectivity index (χ1v) is 6.39. The van der Waals surface area contributed by atoms with Gasteiger partial charge in [-0.3, -0.25) is 0 Å². The lowest BCUT2D eigenvalue weighted by molar-refractivity contribution is -0.140. The monoisotopic (exact) mass is 254 g/mol. The average Bonchev–Trinajstić information content (AvgIpc) is 2.35. The first kappa shape index (κ1) is 14.5. The van der Waals surface area contributed by atoms with Crippen LogP contribution in [0.5, 0.6) is 0 Å². The van der Waals surface area contributed by atoms with Crippen molar-refractivity contribution >= 4 is 12.0 Å². The molecule has 1 aliphatic rings. The normalized spacial score (nSPS) is 18.8. The van der Waals surface area contributed by atoms with Crippen LogP contribution >= 0.6 is 0 Å². The van der Waals surface area contributed by atoms with Gasteiger partial charge in [-0.05, 0) is 19.3 Å². The number of nitrogens with zero attached hydrogens (tertiary/aromatic N) is 1. The van der Waals surface area contributed by atoms with Gasteiger partial charge in [-0.25, -0.2) is 9.59 Å². The predicted octanol–water partition coefficient (Wildman–Crippen LogP) is 1.85. The average molecular weight is 254 g/mol. The van der Waals surface area contributed by atoms with E-state index in [1.807, 2.05) is 26.8 Å². The minimum Gasteiger partial charge on any atom is -0.480 e. The lowest BCUT2D eigenvalue weighted by atomic mass is 9.99. The molecule has 0 radical (unpaired) electrons. The van der Waals surface area contributed by atoms with Crippen molar-refractivity contribution in [3.63, 3.8) is 0 Å². The van der Waals surface area contributed by atoms with Crippen molar-refractivity contribution in [2.75, 3.05) is 13.1 Å². The van der Waals surface area contributed by atoms with Crippen molar-refractivity contribution in [1.29, 1.82) is 0 Å². The topological polar surface area (TPSA) is 69.6 Å². The molecule has 0 aliphatic carbocycles. The molecule has 0 spiro atoms. The molecule has 0 aromatic heterocycles. The molecule has 0 aromatic carbocycles. The molecule has 2 unspecified atom stereocenters. The maximum absolute atomic E-state index is 12.0. The summed E-state index contributed by atoms with van der Waals surface area (Å²) in [7, 11) is 0. The third-order valence-corrected chi connectivity index (χ3v) is 3.48. The van der Waals surface area contributed by atoms with Crippen LogP contribution in [-0.4, -0.2) is 41.1 Å². The van der Waals surface area contributed by atoms with Gasteiger partial charge in [0.15, 0.2) is 0 Å². The molecule has 0 fully saturated rings. The Kier molecular flexibility index (Phi) is 5.19. The van der Waals surface area contributed by atoms with Gasteiger partial charge in [-0.2, -0.15) is 0 Å². The summed E-state index contributed by atoms with van der Waals surface area (Å²) in [5.74, 6) is -1.05. The van der Waals surface area contributed by atoms with Crippen molar-refractivity contribution < 1.29 is 14.7 Å². The fourth-order valence-corrected chi connectivity index (χ4v) is 1.86. The van der Waals surface area contributed by atoms with Gasteiger partial charge in [0.25, 0.3) is 0 Å². The van der Waals surface area contributed by atoms with E-state index in [1.54, 1.807) is 4.90 Å². The maximum Gasteiger partial charge on any atom is 0.326 e. The number of nitrogens with one attached hydrogen (secondary N) is 1. The molecule has 2 amide bonds. The Hall–Kier alpha value is -1.52. The first-order chi connectivity index (χ1) is 8.45. The molecule has 18 heavy (non-hydrogen) atoms. The van der Waals surface area contributed by atoms with Crippen LogP contribution in [0.3, 0.4) is 0 Å². The molecule has 1 aliphatic heterocycles. The summed E-state index contributed by atoms with van der Waals surface area (Å²) >= 11 is 0. The number of hydrogen-bond donors (Lipinski definition) is 2. The van der Waals surface area contributed by atoms with E-state index in [-0.39, 0.29) is 11.9 Å². The van der Waals surface area contributed by atoms with Crippen molar-refractivity contribution in [1.82, 2.24) is 10.2 Å². The zero-order valence-electron chi connectivity index (χ0n) is 11.3. The number of carboxylic acids is 1. The van der Waals surface area contributed by atoms with E-state index in [1.165, 1.54) is 5.57 Å². The van der Waals surface area contributed by atoms with Gasteiger partial charge in [0.2, 0.25) is 0 Å². The fraction of sp³-hybridized carbons (Fsp3) is 0.692. The summed E-state index contributed by atoms with van der Waals surface area (Å²) in [6.45, 7) is 7.00. The number of amides is 2. The van der Waals surface area contributed by atoms with Crippen molar-refractivity contribution in [2.45, 2.75) is 39.7 Å². The SMILES string of the molecule is CCC(C)C(NC(=O)N1CC=C(C)CC1)C(=O)O. The number of urea groups is 1. The summed E-state index contributed by atoms with van der Waals surface area (Å²) < 4.78 is 0. The lowest BCUT2D eigenvalue weighted by Crippen LogP contribution is -2.51. The van der Waals surface area contributed by atoms with E-state index in [4.69, 9.17) is 5.11 Å². The summed E-state index contributed by atoms with van der Waals surface area (Å²) in [5.41, 5.74) is 1.27. The quantitative estimate of drug-likeness (QED) is 0.752. The number of carbonyl (C=O) groups excluding carboxylic acids is 1. The van der Waals surface area contributed by atoms with Gasteiger partial charge in [-0.1, -0.05) is 31.9 Å². The molecule has 0 saturated carbocycles. The number of carbonyl (C=O) groups is 2. The van der Waals surface area contributed by atoms with Gasteiger partial charge in [0.05, 0.1) is 0 Å². The Morgan fingerprint density at radius 2 is 2.22 bits per heavy atom. The molecule has 1 heterocycles. The van der Waals surface area contributed by atoms with Gasteiger partial charge >= 0.3 is 12.0 Å². The van der Waals surface area contributed by atoms with Gasteiger partial charge in [-0.15, -0.1) is 0 Å². The van der Waals surface area contributed by atoms with E-state index in [0.29, 0.717) is 13.1 Å². The number of rotatable bonds is 4. The van der Waals surface area contributed by atoms with Crippen LogP contribution in [0.15, 0.2) is 11.6 Å². The van der Waals surface area contributed by atoms with Crippen molar-refractivity contribution in [3.8, 4) is 0 Å². The van der Waals surface area contributed by atoms with Crippen LogP contribution in [0, 0.1) is 5.92 Å². The number of hydrogen-bond acceptors (Lipinski definition) is 2. The Morgan fingerprint density at radius 3 is 2.67 bits per heavy atom. The Balaban J connectivity index is 2.59. The van der Waals surface area contributed by atoms with Gasteiger partial charge in [0, 0.05) is 13.1 Å². The largest absolute Gasteiger partial charge is 0.480 e. The van der Waals surface area contributed by atoms with E-state index >= 15 is 0 Å². The molecule has 0 saturated heterocycles. The smallest absolute Gasteiger partial charge is 0.326 e. The summed E-state index contributed by atoms with van der Waals surface area (Å²) in [5, 5.41) is 11.7. The highest BCUT2D eigenvalue weighted by molar-refractivity contribution is 5.83. The number of aliphatic carboxylic acids is 1. The fourth-order valence-electron chi connectivity index (χ4n) is 1.86. The molecule has 5 nitrogen and oxygen atoms in total. The van der Waals surface area contributed by atoms with E-state index < -0.39 is 12.0 Å². The second-order valence-corrected chi connectivity index (χ2v) is 4.90. The van der Waals surface area contributed by atoms with Crippen LogP contribution in [0.25, 0.3) is 0 Å². The number of carboxylic acid groups (broad SMARTS) is 1. The highest BCUT2D eigenvalue weighted by Gasteiger charge is 2.27. The zero-order valence-corrected chi connectivity index (χ0v) is 11.3. The Bertz CT molecular complexity index is 352.